The van der Waals surface area contributed by atoms with Crippen LogP contribution in [0.2, 0.25) is 0 Å². The Balaban J connectivity index is 1.64. The van der Waals surface area contributed by atoms with Crippen molar-refractivity contribution in [2.75, 3.05) is 11.9 Å². The van der Waals surface area contributed by atoms with Crippen molar-refractivity contribution in [1.29, 1.82) is 0 Å². The molecular weight excluding hydrogens is 298 g/mol. The first-order valence-electron chi connectivity index (χ1n) is 8.01. The molecule has 0 fully saturated rings. The van der Waals surface area contributed by atoms with Crippen LogP contribution in [0.25, 0.3) is 11.1 Å². The van der Waals surface area contributed by atoms with Crippen LogP contribution in [-0.2, 0) is 0 Å². The van der Waals surface area contributed by atoms with Crippen LogP contribution in [0, 0.1) is 13.8 Å². The number of benzene rings is 2. The average molecular weight is 319 g/mol. The smallest absolute Gasteiger partial charge is 0.222 e. The van der Waals surface area contributed by atoms with Gasteiger partial charge < -0.3 is 10.4 Å². The maximum Gasteiger partial charge on any atom is 0.222 e. The summed E-state index contributed by atoms with van der Waals surface area (Å²) < 4.78 is 0. The number of hydrogen-bond acceptors (Lipinski definition) is 4. The Hall–Kier alpha value is -2.72. The molecule has 0 saturated heterocycles. The molecule has 0 aliphatic rings. The van der Waals surface area contributed by atoms with Crippen molar-refractivity contribution in [3.63, 3.8) is 0 Å². The lowest BCUT2D eigenvalue weighted by atomic mass is 10.0. The van der Waals surface area contributed by atoms with Gasteiger partial charge in [-0.2, -0.15) is 0 Å². The molecule has 0 spiro atoms. The summed E-state index contributed by atoms with van der Waals surface area (Å²) in [4.78, 5) is 8.58. The van der Waals surface area contributed by atoms with E-state index in [0.717, 1.165) is 22.4 Å². The fraction of sp³-hybridized carbons (Fsp3) is 0.200. The highest BCUT2D eigenvalue weighted by Crippen LogP contribution is 2.22. The molecule has 1 atom stereocenters. The lowest BCUT2D eigenvalue weighted by molar-refractivity contribution is 0.191. The summed E-state index contributed by atoms with van der Waals surface area (Å²) in [5.74, 6) is 0.540. The van der Waals surface area contributed by atoms with Gasteiger partial charge in [-0.3, -0.25) is 0 Å². The summed E-state index contributed by atoms with van der Waals surface area (Å²) in [5, 5.41) is 13.4. The first kappa shape index (κ1) is 16.1. The Morgan fingerprint density at radius 3 is 2.29 bits per heavy atom. The van der Waals surface area contributed by atoms with Gasteiger partial charge in [0.05, 0.1) is 6.10 Å². The predicted octanol–water partition coefficient (Wildman–Crippen LogP) is 3.91. The average Bonchev–Trinajstić information content (AvgIpc) is 2.63. The van der Waals surface area contributed by atoms with Gasteiger partial charge in [-0.05, 0) is 36.1 Å². The molecule has 0 saturated carbocycles. The van der Waals surface area contributed by atoms with E-state index in [9.17, 15) is 5.11 Å². The molecule has 4 heteroatoms. The highest BCUT2D eigenvalue weighted by atomic mass is 16.3. The van der Waals surface area contributed by atoms with Crippen molar-refractivity contribution in [2.45, 2.75) is 20.0 Å². The van der Waals surface area contributed by atoms with Crippen LogP contribution in [0.1, 0.15) is 22.9 Å². The minimum atomic E-state index is -0.611. The van der Waals surface area contributed by atoms with Crippen LogP contribution < -0.4 is 5.32 Å². The molecule has 3 aromatic rings. The number of aliphatic hydroxyl groups is 1. The van der Waals surface area contributed by atoms with E-state index in [1.54, 1.807) is 6.20 Å². The van der Waals surface area contributed by atoms with Crippen molar-refractivity contribution < 1.29 is 5.11 Å². The molecule has 24 heavy (non-hydrogen) atoms. The summed E-state index contributed by atoms with van der Waals surface area (Å²) in [6.45, 7) is 4.29. The number of nitrogens with zero attached hydrogens (tertiary/aromatic N) is 2. The van der Waals surface area contributed by atoms with Gasteiger partial charge in [0.2, 0.25) is 5.95 Å². The van der Waals surface area contributed by atoms with Crippen LogP contribution in [-0.4, -0.2) is 21.6 Å². The maximum absolute atomic E-state index is 10.3. The Labute approximate surface area is 142 Å². The monoisotopic (exact) mass is 319 g/mol. The molecule has 0 bridgehead atoms. The van der Waals surface area contributed by atoms with Gasteiger partial charge in [-0.1, -0.05) is 54.6 Å². The number of rotatable bonds is 5. The first-order valence-corrected chi connectivity index (χ1v) is 8.01. The van der Waals surface area contributed by atoms with E-state index in [1.807, 2.05) is 56.3 Å². The van der Waals surface area contributed by atoms with E-state index in [2.05, 4.69) is 27.4 Å². The summed E-state index contributed by atoms with van der Waals surface area (Å²) in [6, 6.07) is 18.2. The number of hydrogen-bond donors (Lipinski definition) is 2. The maximum atomic E-state index is 10.3. The Morgan fingerprint density at radius 2 is 1.62 bits per heavy atom. The summed E-state index contributed by atoms with van der Waals surface area (Å²) in [6.07, 6.45) is 1.17. The molecule has 122 valence electrons. The lowest BCUT2D eigenvalue weighted by Gasteiger charge is -2.13. The molecule has 4 nitrogen and oxygen atoms in total. The molecular formula is C20H21N3O. The van der Waals surface area contributed by atoms with Crippen molar-refractivity contribution in [2.24, 2.45) is 0 Å². The Bertz CT molecular complexity index is 801. The van der Waals surface area contributed by atoms with Gasteiger partial charge in [-0.15, -0.1) is 0 Å². The van der Waals surface area contributed by atoms with Gasteiger partial charge in [-0.25, -0.2) is 9.97 Å². The minimum absolute atomic E-state index is 0.368. The van der Waals surface area contributed by atoms with Crippen molar-refractivity contribution in [3.8, 4) is 11.1 Å². The van der Waals surface area contributed by atoms with E-state index >= 15 is 0 Å². The molecule has 1 heterocycles. The van der Waals surface area contributed by atoms with E-state index in [0.29, 0.717) is 12.5 Å². The fourth-order valence-corrected chi connectivity index (χ4v) is 2.45. The summed E-state index contributed by atoms with van der Waals surface area (Å²) in [7, 11) is 0. The number of anilines is 1. The third kappa shape index (κ3) is 3.78. The van der Waals surface area contributed by atoms with Crippen LogP contribution in [0.15, 0.2) is 60.8 Å². The summed E-state index contributed by atoms with van der Waals surface area (Å²) in [5.41, 5.74) is 5.16. The SMILES string of the molecule is Cc1cnc(NCC(O)c2ccc(-c3ccccc3)cc2)nc1C. The fourth-order valence-electron chi connectivity index (χ4n) is 2.45. The Morgan fingerprint density at radius 1 is 0.958 bits per heavy atom. The first-order chi connectivity index (χ1) is 11.6. The highest BCUT2D eigenvalue weighted by molar-refractivity contribution is 5.63. The molecule has 3 rings (SSSR count). The second-order valence-corrected chi connectivity index (χ2v) is 5.85. The van der Waals surface area contributed by atoms with Crippen LogP contribution in [0.3, 0.4) is 0 Å². The van der Waals surface area contributed by atoms with Gasteiger partial charge in [0.1, 0.15) is 0 Å². The Kier molecular flexibility index (Phi) is 4.87. The van der Waals surface area contributed by atoms with Gasteiger partial charge >= 0.3 is 0 Å². The lowest BCUT2D eigenvalue weighted by Crippen LogP contribution is -2.14. The normalized spacial score (nSPS) is 12.0. The van der Waals surface area contributed by atoms with E-state index < -0.39 is 6.10 Å². The molecule has 1 unspecified atom stereocenters. The minimum Gasteiger partial charge on any atom is -0.387 e. The molecule has 0 aliphatic carbocycles. The quantitative estimate of drug-likeness (QED) is 0.748. The number of aromatic nitrogens is 2. The van der Waals surface area contributed by atoms with Crippen LogP contribution in [0.5, 0.6) is 0 Å². The predicted molar refractivity (Wildman–Crippen MR) is 96.8 cm³/mol. The van der Waals surface area contributed by atoms with Crippen LogP contribution in [0.4, 0.5) is 5.95 Å². The largest absolute Gasteiger partial charge is 0.387 e. The van der Waals surface area contributed by atoms with E-state index in [4.69, 9.17) is 0 Å². The van der Waals surface area contributed by atoms with E-state index in [1.165, 1.54) is 5.56 Å². The zero-order chi connectivity index (χ0) is 16.9. The van der Waals surface area contributed by atoms with E-state index in [-0.39, 0.29) is 0 Å². The molecule has 1 aromatic heterocycles. The van der Waals surface area contributed by atoms with Gasteiger partial charge in [0.25, 0.3) is 0 Å². The molecule has 0 radical (unpaired) electrons. The molecule has 2 N–H and O–H groups in total. The molecule has 2 aromatic carbocycles. The van der Waals surface area contributed by atoms with Crippen molar-refractivity contribution >= 4 is 5.95 Å². The second-order valence-electron chi connectivity index (χ2n) is 5.85. The topological polar surface area (TPSA) is 58.0 Å². The number of nitrogens with one attached hydrogen (secondary N) is 1. The van der Waals surface area contributed by atoms with Gasteiger partial charge in [0.15, 0.2) is 0 Å². The second kappa shape index (κ2) is 7.23. The van der Waals surface area contributed by atoms with Crippen molar-refractivity contribution in [1.82, 2.24) is 9.97 Å². The third-order valence-electron chi connectivity index (χ3n) is 4.08. The molecule has 0 aliphatic heterocycles. The zero-order valence-corrected chi connectivity index (χ0v) is 13.9. The standard InChI is InChI=1S/C20H21N3O/c1-14-12-21-20(23-15(14)2)22-13-19(24)18-10-8-17(9-11-18)16-6-4-3-5-7-16/h3-12,19,24H,13H2,1-2H3,(H,21,22,23). The van der Waals surface area contributed by atoms with Gasteiger partial charge in [0, 0.05) is 18.4 Å². The zero-order valence-electron chi connectivity index (χ0n) is 13.9. The summed E-state index contributed by atoms with van der Waals surface area (Å²) >= 11 is 0. The van der Waals surface area contributed by atoms with Crippen molar-refractivity contribution in [3.05, 3.63) is 77.6 Å². The number of aryl methyl sites for hydroxylation is 2. The molecule has 0 amide bonds. The third-order valence-corrected chi connectivity index (χ3v) is 4.08. The van der Waals surface area contributed by atoms with Crippen LogP contribution >= 0.6 is 0 Å². The number of aliphatic hydroxyl groups excluding tert-OH is 1. The highest BCUT2D eigenvalue weighted by Gasteiger charge is 2.09.